The van der Waals surface area contributed by atoms with E-state index in [9.17, 15) is 9.59 Å². The van der Waals surface area contributed by atoms with Gasteiger partial charge in [-0.1, -0.05) is 12.1 Å². The van der Waals surface area contributed by atoms with E-state index in [-0.39, 0.29) is 17.4 Å². The summed E-state index contributed by atoms with van der Waals surface area (Å²) in [6.07, 6.45) is 8.96. The smallest absolute Gasteiger partial charge is 0.257 e. The van der Waals surface area contributed by atoms with Crippen molar-refractivity contribution in [2.45, 2.75) is 45.6 Å². The molecule has 0 radical (unpaired) electrons. The van der Waals surface area contributed by atoms with Crippen LogP contribution in [0.25, 0.3) is 5.57 Å². The summed E-state index contributed by atoms with van der Waals surface area (Å²) in [6, 6.07) is 7.61. The highest BCUT2D eigenvalue weighted by Crippen LogP contribution is 2.41. The van der Waals surface area contributed by atoms with Gasteiger partial charge in [0.1, 0.15) is 11.4 Å². The van der Waals surface area contributed by atoms with Crippen LogP contribution < -0.4 is 10.6 Å². The van der Waals surface area contributed by atoms with Gasteiger partial charge in [-0.15, -0.1) is 0 Å². The van der Waals surface area contributed by atoms with Gasteiger partial charge in [-0.25, -0.2) is 0 Å². The Kier molecular flexibility index (Phi) is 4.07. The van der Waals surface area contributed by atoms with Crippen molar-refractivity contribution in [2.75, 3.05) is 10.6 Å². The van der Waals surface area contributed by atoms with Crippen LogP contribution >= 0.6 is 0 Å². The predicted octanol–water partition coefficient (Wildman–Crippen LogP) is 4.00. The second kappa shape index (κ2) is 6.31. The minimum absolute atomic E-state index is 0.104. The summed E-state index contributed by atoms with van der Waals surface area (Å²) >= 11 is 0. The minimum Gasteiger partial charge on any atom is -0.492 e. The first-order valence-electron chi connectivity index (χ1n) is 9.19. The van der Waals surface area contributed by atoms with Crippen LogP contribution in [0.3, 0.4) is 0 Å². The number of rotatable bonds is 2. The first-order chi connectivity index (χ1) is 12.8. The Morgan fingerprint density at radius 3 is 2.96 bits per heavy atom. The Balaban J connectivity index is 1.60. The topological polar surface area (TPSA) is 67.4 Å². The molecule has 27 heavy (non-hydrogen) atoms. The van der Waals surface area contributed by atoms with Crippen LogP contribution in [0.15, 0.2) is 35.6 Å². The van der Waals surface area contributed by atoms with E-state index in [4.69, 9.17) is 4.74 Å². The molecule has 4 rings (SSSR count). The zero-order chi connectivity index (χ0) is 19.2. The lowest BCUT2D eigenvalue weighted by Gasteiger charge is -2.39. The molecule has 0 bridgehead atoms. The van der Waals surface area contributed by atoms with Crippen LogP contribution in [0.2, 0.25) is 0 Å². The fraction of sp³-hybridized carbons (Fsp3) is 0.364. The third-order valence-corrected chi connectivity index (χ3v) is 5.12. The number of carbonyl (C=O) groups is 2. The number of fused-ring (bicyclic) bond motifs is 2. The van der Waals surface area contributed by atoms with Gasteiger partial charge >= 0.3 is 0 Å². The van der Waals surface area contributed by atoms with Gasteiger partial charge in [-0.05, 0) is 63.0 Å². The Bertz CT molecular complexity index is 921. The van der Waals surface area contributed by atoms with Crippen molar-refractivity contribution in [3.8, 4) is 0 Å². The fourth-order valence-corrected chi connectivity index (χ4v) is 3.78. The number of nitrogens with one attached hydrogen (secondary N) is 2. The maximum atomic E-state index is 12.4. The van der Waals surface area contributed by atoms with Crippen molar-refractivity contribution in [1.82, 2.24) is 0 Å². The highest BCUT2D eigenvalue weighted by Gasteiger charge is 2.34. The van der Waals surface area contributed by atoms with Crippen molar-refractivity contribution in [3.05, 3.63) is 53.3 Å². The molecule has 1 aromatic carbocycles. The lowest BCUT2D eigenvalue weighted by molar-refractivity contribution is -0.114. The first-order valence-corrected chi connectivity index (χ1v) is 9.19. The normalized spacial score (nSPS) is 23.9. The average molecular weight is 362 g/mol. The minimum atomic E-state index is -0.187. The monoisotopic (exact) mass is 362 g/mol. The molecule has 1 unspecified atom stereocenters. The van der Waals surface area contributed by atoms with E-state index in [1.807, 2.05) is 18.2 Å². The largest absolute Gasteiger partial charge is 0.492 e. The van der Waals surface area contributed by atoms with E-state index in [1.54, 1.807) is 6.07 Å². The molecular weight excluding hydrogens is 340 g/mol. The van der Waals surface area contributed by atoms with E-state index < -0.39 is 0 Å². The Hall–Kier alpha value is -3.00. The molecule has 1 atom stereocenters. The molecule has 1 aromatic rings. The van der Waals surface area contributed by atoms with Crippen molar-refractivity contribution in [1.29, 1.82) is 0 Å². The summed E-state index contributed by atoms with van der Waals surface area (Å²) in [5.74, 6) is 1.07. The Labute approximate surface area is 159 Å². The molecular formula is C22H22N2O3. The van der Waals surface area contributed by atoms with E-state index in [0.29, 0.717) is 28.4 Å². The molecule has 0 aromatic heterocycles. The van der Waals surface area contributed by atoms with Gasteiger partial charge in [0.2, 0.25) is 5.91 Å². The quantitative estimate of drug-likeness (QED) is 0.782. The highest BCUT2D eigenvalue weighted by molar-refractivity contribution is 6.31. The van der Waals surface area contributed by atoms with Crippen LogP contribution in [0, 0.1) is 18.1 Å². The zero-order valence-electron chi connectivity index (χ0n) is 15.7. The molecule has 1 saturated heterocycles. The number of hydrogen-bond donors (Lipinski definition) is 2. The number of hydrogen-bond acceptors (Lipinski definition) is 3. The molecule has 2 N–H and O–H groups in total. The molecule has 2 heterocycles. The second-order valence-corrected chi connectivity index (χ2v) is 7.90. The standard InChI is InChI=1S/C22H22N2O3/c1-13(25)23-16-5-6-17-18(21(26)24-19(17)12-16)11-14-4-7-20-15(10-14)8-9-22(2,3)27-20/h4,7,11-12,15H,8-10H2,1-3H3,(H,23,25)(H,24,26)/b18-11-. The van der Waals surface area contributed by atoms with Gasteiger partial charge in [0.25, 0.3) is 5.91 Å². The highest BCUT2D eigenvalue weighted by atomic mass is 16.5. The van der Waals surface area contributed by atoms with Crippen molar-refractivity contribution >= 4 is 28.8 Å². The molecule has 1 aliphatic carbocycles. The van der Waals surface area contributed by atoms with Crippen molar-refractivity contribution < 1.29 is 14.3 Å². The van der Waals surface area contributed by atoms with E-state index >= 15 is 0 Å². The summed E-state index contributed by atoms with van der Waals surface area (Å²) in [4.78, 5) is 23.6. The van der Waals surface area contributed by atoms with Gasteiger partial charge in [0, 0.05) is 12.8 Å². The Morgan fingerprint density at radius 2 is 2.19 bits per heavy atom. The molecule has 1 fully saturated rings. The molecule has 2 aliphatic heterocycles. The number of anilines is 2. The number of ether oxygens (including phenoxy) is 1. The van der Waals surface area contributed by atoms with Crippen molar-refractivity contribution in [3.63, 3.8) is 0 Å². The molecule has 5 heteroatoms. The molecule has 0 saturated carbocycles. The van der Waals surface area contributed by atoms with Crippen molar-refractivity contribution in [2.24, 2.45) is 5.92 Å². The van der Waals surface area contributed by atoms with Gasteiger partial charge < -0.3 is 15.4 Å². The van der Waals surface area contributed by atoms with Crippen LogP contribution in [-0.2, 0) is 14.3 Å². The van der Waals surface area contributed by atoms with Crippen LogP contribution in [0.4, 0.5) is 11.4 Å². The summed E-state index contributed by atoms with van der Waals surface area (Å²) in [6.45, 7) is 5.66. The summed E-state index contributed by atoms with van der Waals surface area (Å²) in [7, 11) is 0. The van der Waals surface area contributed by atoms with E-state index in [0.717, 1.165) is 30.6 Å². The van der Waals surface area contributed by atoms with Crippen LogP contribution in [-0.4, -0.2) is 17.4 Å². The maximum Gasteiger partial charge on any atom is 0.257 e. The molecule has 2 amide bonds. The fourth-order valence-electron chi connectivity index (χ4n) is 3.78. The second-order valence-electron chi connectivity index (χ2n) is 7.90. The summed E-state index contributed by atoms with van der Waals surface area (Å²) in [5, 5.41) is 5.49. The molecule has 0 spiro atoms. The van der Waals surface area contributed by atoms with Crippen LogP contribution in [0.5, 0.6) is 0 Å². The molecule has 3 aliphatic rings. The van der Waals surface area contributed by atoms with Gasteiger partial charge in [0.15, 0.2) is 0 Å². The van der Waals surface area contributed by atoms with Gasteiger partial charge in [-0.3, -0.25) is 9.59 Å². The van der Waals surface area contributed by atoms with Crippen LogP contribution in [0.1, 0.15) is 45.6 Å². The third kappa shape index (κ3) is 3.48. The van der Waals surface area contributed by atoms with E-state index in [2.05, 4.69) is 36.6 Å². The lowest BCUT2D eigenvalue weighted by Crippen LogP contribution is -2.33. The third-order valence-electron chi connectivity index (χ3n) is 5.12. The number of amides is 2. The molecule has 5 nitrogen and oxygen atoms in total. The van der Waals surface area contributed by atoms with E-state index in [1.165, 1.54) is 6.92 Å². The zero-order valence-corrected chi connectivity index (χ0v) is 15.7. The predicted molar refractivity (Wildman–Crippen MR) is 104 cm³/mol. The average Bonchev–Trinajstić information content (AvgIpc) is 2.89. The first kappa shape index (κ1) is 17.4. The summed E-state index contributed by atoms with van der Waals surface area (Å²) in [5.41, 5.74) is 3.40. The Morgan fingerprint density at radius 1 is 1.37 bits per heavy atom. The van der Waals surface area contributed by atoms with Gasteiger partial charge in [-0.2, -0.15) is 0 Å². The number of allylic oxidation sites excluding steroid dienone is 5. The number of carbonyl (C=O) groups excluding carboxylic acids is 2. The molecule has 138 valence electrons. The lowest BCUT2D eigenvalue weighted by atomic mass is 9.82. The summed E-state index contributed by atoms with van der Waals surface area (Å²) < 4.78 is 6.09. The van der Waals surface area contributed by atoms with Gasteiger partial charge in [0.05, 0.1) is 22.5 Å². The maximum absolute atomic E-state index is 12.4. The SMILES string of the molecule is CC(=O)Nc1c#cc2c(c1)NC(=O)/C2=C\C1=CC=C2OC(C)(C)CCC2C1.